The van der Waals surface area contributed by atoms with Crippen molar-refractivity contribution in [2.75, 3.05) is 0 Å². The van der Waals surface area contributed by atoms with E-state index in [0.717, 1.165) is 29.1 Å². The van der Waals surface area contributed by atoms with Gasteiger partial charge < -0.3 is 4.74 Å². The van der Waals surface area contributed by atoms with Crippen LogP contribution in [-0.2, 0) is 12.8 Å². The standard InChI is InChI=1S/C18H14F3NOS/c1-12-4-2-3-5-16(12)23-10-15-11-24-17(22-15)13-6-8-14(9-7-13)18(19,20)21/h2-9,11H,10H2,1H3. The van der Waals surface area contributed by atoms with Crippen LogP contribution in [0.1, 0.15) is 16.8 Å². The highest BCUT2D eigenvalue weighted by atomic mass is 32.1. The number of hydrogen-bond acceptors (Lipinski definition) is 3. The van der Waals surface area contributed by atoms with Gasteiger partial charge >= 0.3 is 6.18 Å². The first-order valence-electron chi connectivity index (χ1n) is 7.24. The molecule has 3 aromatic rings. The van der Waals surface area contributed by atoms with Crippen LogP contribution < -0.4 is 4.74 Å². The lowest BCUT2D eigenvalue weighted by atomic mass is 10.1. The van der Waals surface area contributed by atoms with Crippen molar-refractivity contribution in [1.82, 2.24) is 4.98 Å². The van der Waals surface area contributed by atoms with Gasteiger partial charge in [0.25, 0.3) is 0 Å². The molecule has 6 heteroatoms. The van der Waals surface area contributed by atoms with Crippen molar-refractivity contribution in [3.63, 3.8) is 0 Å². The predicted octanol–water partition coefficient (Wildman–Crippen LogP) is 5.72. The van der Waals surface area contributed by atoms with Crippen LogP contribution in [0.4, 0.5) is 13.2 Å². The van der Waals surface area contributed by atoms with Gasteiger partial charge in [-0.2, -0.15) is 13.2 Å². The molecule has 0 spiro atoms. The summed E-state index contributed by atoms with van der Waals surface area (Å²) in [4.78, 5) is 4.43. The highest BCUT2D eigenvalue weighted by molar-refractivity contribution is 7.13. The molecule has 0 saturated heterocycles. The summed E-state index contributed by atoms with van der Waals surface area (Å²) in [7, 11) is 0. The lowest BCUT2D eigenvalue weighted by Crippen LogP contribution is -2.04. The number of halogens is 3. The van der Waals surface area contributed by atoms with Gasteiger partial charge in [0.15, 0.2) is 0 Å². The zero-order chi connectivity index (χ0) is 17.2. The topological polar surface area (TPSA) is 22.1 Å². The van der Waals surface area contributed by atoms with E-state index in [4.69, 9.17) is 4.74 Å². The van der Waals surface area contributed by atoms with E-state index in [-0.39, 0.29) is 0 Å². The van der Waals surface area contributed by atoms with Crippen molar-refractivity contribution in [3.8, 4) is 16.3 Å². The first-order chi connectivity index (χ1) is 11.4. The van der Waals surface area contributed by atoms with Gasteiger partial charge in [0.05, 0.1) is 11.3 Å². The van der Waals surface area contributed by atoms with E-state index in [0.29, 0.717) is 17.2 Å². The third-order valence-electron chi connectivity index (χ3n) is 3.48. The van der Waals surface area contributed by atoms with Crippen molar-refractivity contribution in [3.05, 3.63) is 70.7 Å². The Labute approximate surface area is 141 Å². The maximum Gasteiger partial charge on any atom is 0.416 e. The summed E-state index contributed by atoms with van der Waals surface area (Å²) in [5.74, 6) is 0.793. The molecule has 1 aromatic heterocycles. The van der Waals surface area contributed by atoms with Crippen molar-refractivity contribution >= 4 is 11.3 Å². The molecule has 2 aromatic carbocycles. The Hall–Kier alpha value is -2.34. The number of thiazole rings is 1. The summed E-state index contributed by atoms with van der Waals surface area (Å²) in [5.41, 5.74) is 1.79. The van der Waals surface area contributed by atoms with E-state index in [1.807, 2.05) is 36.6 Å². The van der Waals surface area contributed by atoms with E-state index in [9.17, 15) is 13.2 Å². The third kappa shape index (κ3) is 3.76. The van der Waals surface area contributed by atoms with E-state index < -0.39 is 11.7 Å². The number of para-hydroxylation sites is 1. The number of aryl methyl sites for hydroxylation is 1. The summed E-state index contributed by atoms with van der Waals surface area (Å²) in [6.45, 7) is 2.28. The van der Waals surface area contributed by atoms with Gasteiger partial charge in [0.2, 0.25) is 0 Å². The SMILES string of the molecule is Cc1ccccc1OCc1csc(-c2ccc(C(F)(F)F)cc2)n1. The smallest absolute Gasteiger partial charge is 0.416 e. The van der Waals surface area contributed by atoms with Gasteiger partial charge in [0, 0.05) is 10.9 Å². The van der Waals surface area contributed by atoms with E-state index >= 15 is 0 Å². The minimum Gasteiger partial charge on any atom is -0.487 e. The average molecular weight is 349 g/mol. The Kier molecular flexibility index (Phi) is 4.57. The highest BCUT2D eigenvalue weighted by Crippen LogP contribution is 2.32. The molecule has 2 nitrogen and oxygen atoms in total. The van der Waals surface area contributed by atoms with Crippen LogP contribution in [0, 0.1) is 6.92 Å². The van der Waals surface area contributed by atoms with Crippen molar-refractivity contribution in [2.24, 2.45) is 0 Å². The predicted molar refractivity (Wildman–Crippen MR) is 88.1 cm³/mol. The number of ether oxygens (including phenoxy) is 1. The highest BCUT2D eigenvalue weighted by Gasteiger charge is 2.30. The molecule has 1 heterocycles. The molecule has 0 aliphatic rings. The van der Waals surface area contributed by atoms with E-state index in [2.05, 4.69) is 4.98 Å². The maximum atomic E-state index is 12.6. The summed E-state index contributed by atoms with van der Waals surface area (Å²) < 4.78 is 43.5. The van der Waals surface area contributed by atoms with Crippen LogP contribution in [-0.4, -0.2) is 4.98 Å². The fraction of sp³-hybridized carbons (Fsp3) is 0.167. The molecule has 24 heavy (non-hydrogen) atoms. The molecule has 0 saturated carbocycles. The molecule has 124 valence electrons. The molecule has 0 atom stereocenters. The zero-order valence-electron chi connectivity index (χ0n) is 12.8. The second kappa shape index (κ2) is 6.65. The number of nitrogens with zero attached hydrogens (tertiary/aromatic N) is 1. The second-order valence-corrected chi connectivity index (χ2v) is 6.13. The first kappa shape index (κ1) is 16.5. The van der Waals surface area contributed by atoms with Crippen molar-refractivity contribution in [2.45, 2.75) is 19.7 Å². The Morgan fingerprint density at radius 3 is 2.42 bits per heavy atom. The van der Waals surface area contributed by atoms with Crippen molar-refractivity contribution < 1.29 is 17.9 Å². The minimum atomic E-state index is -4.33. The number of hydrogen-bond donors (Lipinski definition) is 0. The third-order valence-corrected chi connectivity index (χ3v) is 4.42. The first-order valence-corrected chi connectivity index (χ1v) is 8.12. The molecule has 0 radical (unpaired) electrons. The normalized spacial score (nSPS) is 11.5. The summed E-state index contributed by atoms with van der Waals surface area (Å²) in [6, 6.07) is 12.7. The van der Waals surface area contributed by atoms with E-state index in [1.54, 1.807) is 0 Å². The summed E-state index contributed by atoms with van der Waals surface area (Å²) >= 11 is 1.38. The number of aromatic nitrogens is 1. The van der Waals surface area contributed by atoms with Crippen LogP contribution in [0.2, 0.25) is 0 Å². The zero-order valence-corrected chi connectivity index (χ0v) is 13.6. The lowest BCUT2D eigenvalue weighted by molar-refractivity contribution is -0.137. The van der Waals surface area contributed by atoms with Crippen molar-refractivity contribution in [1.29, 1.82) is 0 Å². The van der Waals surface area contributed by atoms with Gasteiger partial charge in [-0.25, -0.2) is 4.98 Å². The average Bonchev–Trinajstić information content (AvgIpc) is 3.02. The molecule has 0 fully saturated rings. The molecule has 3 rings (SSSR count). The lowest BCUT2D eigenvalue weighted by Gasteiger charge is -2.07. The monoisotopic (exact) mass is 349 g/mol. The van der Waals surface area contributed by atoms with E-state index in [1.165, 1.54) is 23.5 Å². The van der Waals surface area contributed by atoms with Gasteiger partial charge in [0.1, 0.15) is 17.4 Å². The van der Waals surface area contributed by atoms with Gasteiger partial charge in [-0.1, -0.05) is 30.3 Å². The number of rotatable bonds is 4. The van der Waals surface area contributed by atoms with Gasteiger partial charge in [-0.3, -0.25) is 0 Å². The molecule has 0 bridgehead atoms. The quantitative estimate of drug-likeness (QED) is 0.601. The van der Waals surface area contributed by atoms with Gasteiger partial charge in [-0.15, -0.1) is 11.3 Å². The molecule has 0 aliphatic heterocycles. The largest absolute Gasteiger partial charge is 0.487 e. The summed E-state index contributed by atoms with van der Waals surface area (Å²) in [6.07, 6.45) is -4.33. The maximum absolute atomic E-state index is 12.6. The van der Waals surface area contributed by atoms with Crippen LogP contribution >= 0.6 is 11.3 Å². The van der Waals surface area contributed by atoms with Crippen LogP contribution in [0.25, 0.3) is 10.6 Å². The Morgan fingerprint density at radius 2 is 1.75 bits per heavy atom. The Morgan fingerprint density at radius 1 is 1.04 bits per heavy atom. The Balaban J connectivity index is 1.70. The number of alkyl halides is 3. The van der Waals surface area contributed by atoms with Crippen LogP contribution in [0.15, 0.2) is 53.9 Å². The van der Waals surface area contributed by atoms with Crippen LogP contribution in [0.3, 0.4) is 0 Å². The molecule has 0 unspecified atom stereocenters. The molecular formula is C18H14F3NOS. The fourth-order valence-corrected chi connectivity index (χ4v) is 2.99. The number of benzene rings is 2. The second-order valence-electron chi connectivity index (χ2n) is 5.27. The van der Waals surface area contributed by atoms with Crippen LogP contribution in [0.5, 0.6) is 5.75 Å². The Bertz CT molecular complexity index is 825. The summed E-state index contributed by atoms with van der Waals surface area (Å²) in [5, 5.41) is 2.53. The molecule has 0 amide bonds. The fourth-order valence-electron chi connectivity index (χ4n) is 2.18. The molecule has 0 aliphatic carbocycles. The van der Waals surface area contributed by atoms with Gasteiger partial charge in [-0.05, 0) is 30.7 Å². The molecule has 0 N–H and O–H groups in total. The molecular weight excluding hydrogens is 335 g/mol. The minimum absolute atomic E-state index is 0.321.